The van der Waals surface area contributed by atoms with E-state index < -0.39 is 0 Å². The van der Waals surface area contributed by atoms with Crippen molar-refractivity contribution in [2.75, 3.05) is 26.2 Å². The minimum absolute atomic E-state index is 1.05. The highest BCUT2D eigenvalue weighted by molar-refractivity contribution is 7.94. The lowest BCUT2D eigenvalue weighted by molar-refractivity contribution is 0.221. The van der Waals surface area contributed by atoms with Crippen LogP contribution in [0.1, 0.15) is 44.9 Å². The molecule has 0 aromatic carbocycles. The molecular formula is C13H24N2S. The number of piperidine rings is 2. The van der Waals surface area contributed by atoms with E-state index in [2.05, 4.69) is 8.61 Å². The highest BCUT2D eigenvalue weighted by Crippen LogP contribution is 2.34. The Balaban J connectivity index is 1.64. The van der Waals surface area contributed by atoms with Gasteiger partial charge in [-0.05, 0) is 37.5 Å². The predicted octanol–water partition coefficient (Wildman–Crippen LogP) is 3.16. The van der Waals surface area contributed by atoms with Crippen molar-refractivity contribution in [3.05, 3.63) is 0 Å². The van der Waals surface area contributed by atoms with Crippen LogP contribution in [0.2, 0.25) is 0 Å². The van der Waals surface area contributed by atoms with Gasteiger partial charge in [-0.25, -0.2) is 8.61 Å². The van der Waals surface area contributed by atoms with E-state index in [0.717, 1.165) is 11.8 Å². The maximum Gasteiger partial charge on any atom is 0.0104 e. The maximum absolute atomic E-state index is 2.61. The summed E-state index contributed by atoms with van der Waals surface area (Å²) in [5, 5.41) is 0. The van der Waals surface area contributed by atoms with E-state index in [9.17, 15) is 0 Å². The molecule has 0 spiro atoms. The number of nitrogens with zero attached hydrogens (tertiary/aromatic N) is 2. The third-order valence-electron chi connectivity index (χ3n) is 4.60. The number of hydrogen-bond donors (Lipinski definition) is 0. The molecule has 0 radical (unpaired) electrons. The fourth-order valence-electron chi connectivity index (χ4n) is 3.42. The van der Waals surface area contributed by atoms with Crippen LogP contribution in [-0.2, 0) is 0 Å². The van der Waals surface area contributed by atoms with Crippen LogP contribution in [0.4, 0.5) is 0 Å². The zero-order valence-electron chi connectivity index (χ0n) is 10.2. The second-order valence-electron chi connectivity index (χ2n) is 5.76. The van der Waals surface area contributed by atoms with Crippen LogP contribution < -0.4 is 0 Å². The van der Waals surface area contributed by atoms with Crippen molar-refractivity contribution in [1.82, 2.24) is 8.61 Å². The van der Waals surface area contributed by atoms with E-state index >= 15 is 0 Å². The van der Waals surface area contributed by atoms with Gasteiger partial charge in [0.25, 0.3) is 0 Å². The molecule has 16 heavy (non-hydrogen) atoms. The Kier molecular flexibility index (Phi) is 3.75. The van der Waals surface area contributed by atoms with Gasteiger partial charge in [-0.2, -0.15) is 0 Å². The average Bonchev–Trinajstić information content (AvgIpc) is 2.30. The lowest BCUT2D eigenvalue weighted by Gasteiger charge is -2.38. The summed E-state index contributed by atoms with van der Waals surface area (Å²) >= 11 is 2.05. The molecule has 6 fully saturated rings. The lowest BCUT2D eigenvalue weighted by Crippen LogP contribution is -2.37. The summed E-state index contributed by atoms with van der Waals surface area (Å²) < 4.78 is 5.22. The Morgan fingerprint density at radius 1 is 0.625 bits per heavy atom. The van der Waals surface area contributed by atoms with Crippen molar-refractivity contribution in [2.45, 2.75) is 44.9 Å². The first-order chi connectivity index (χ1) is 7.90. The van der Waals surface area contributed by atoms with Crippen LogP contribution in [-0.4, -0.2) is 34.8 Å². The van der Waals surface area contributed by atoms with Crippen LogP contribution in [0, 0.1) is 11.8 Å². The van der Waals surface area contributed by atoms with Gasteiger partial charge in [0.15, 0.2) is 0 Å². The Labute approximate surface area is 104 Å². The SMILES string of the molecule is C1CC2CCN(CC2)SN2CCC(C1)CC2. The minimum atomic E-state index is 1.05. The van der Waals surface area contributed by atoms with Crippen LogP contribution in [0.15, 0.2) is 0 Å². The summed E-state index contributed by atoms with van der Waals surface area (Å²) in [7, 11) is 0. The second-order valence-corrected chi connectivity index (χ2v) is 6.95. The molecule has 6 aliphatic heterocycles. The zero-order chi connectivity index (χ0) is 10.8. The first-order valence-electron chi connectivity index (χ1n) is 7.08. The summed E-state index contributed by atoms with van der Waals surface area (Å²) in [5.41, 5.74) is 0. The minimum Gasteiger partial charge on any atom is -0.237 e. The van der Waals surface area contributed by atoms with E-state index in [1.54, 1.807) is 0 Å². The standard InChI is InChI=1S/C13H24N2S/c1-2-12-4-8-14(9-5-12)16-15-10-6-13(3-1)7-11-15/h12-13H,1-11H2. The molecule has 6 rings (SSSR count). The predicted molar refractivity (Wildman–Crippen MR) is 70.0 cm³/mol. The average molecular weight is 240 g/mol. The molecule has 6 saturated heterocycles. The quantitative estimate of drug-likeness (QED) is 0.601. The summed E-state index contributed by atoms with van der Waals surface area (Å²) in [4.78, 5) is 0. The molecule has 2 nitrogen and oxygen atoms in total. The Morgan fingerprint density at radius 2 is 1.06 bits per heavy atom. The number of rotatable bonds is 0. The smallest absolute Gasteiger partial charge is 0.0104 e. The van der Waals surface area contributed by atoms with Crippen LogP contribution in [0.3, 0.4) is 0 Å². The third-order valence-corrected chi connectivity index (χ3v) is 5.79. The van der Waals surface area contributed by atoms with Gasteiger partial charge < -0.3 is 0 Å². The molecule has 0 aromatic heterocycles. The summed E-state index contributed by atoms with van der Waals surface area (Å²) in [6.07, 6.45) is 10.3. The molecular weight excluding hydrogens is 216 g/mol. The zero-order valence-corrected chi connectivity index (χ0v) is 11.1. The molecule has 0 unspecified atom stereocenters. The molecule has 0 aromatic rings. The Morgan fingerprint density at radius 3 is 1.50 bits per heavy atom. The summed E-state index contributed by atoms with van der Waals surface area (Å²) in [6.45, 7) is 5.31. The van der Waals surface area contributed by atoms with E-state index in [1.807, 2.05) is 12.1 Å². The first-order valence-corrected chi connectivity index (χ1v) is 7.81. The van der Waals surface area contributed by atoms with Gasteiger partial charge in [-0.15, -0.1) is 0 Å². The van der Waals surface area contributed by atoms with Crippen LogP contribution in [0.5, 0.6) is 0 Å². The molecule has 0 atom stereocenters. The molecule has 4 bridgehead atoms. The summed E-state index contributed by atoms with van der Waals surface area (Å²) in [5.74, 6) is 2.09. The molecule has 0 amide bonds. The van der Waals surface area contributed by atoms with E-state index in [1.165, 1.54) is 71.1 Å². The third kappa shape index (κ3) is 2.74. The molecule has 6 heterocycles. The normalized spacial score (nSPS) is 45.0. The monoisotopic (exact) mass is 240 g/mol. The van der Waals surface area contributed by atoms with E-state index in [0.29, 0.717) is 0 Å². The molecule has 0 N–H and O–H groups in total. The van der Waals surface area contributed by atoms with E-state index in [4.69, 9.17) is 0 Å². The van der Waals surface area contributed by atoms with Crippen molar-refractivity contribution in [2.24, 2.45) is 11.8 Å². The first kappa shape index (κ1) is 11.4. The largest absolute Gasteiger partial charge is 0.237 e. The van der Waals surface area contributed by atoms with Gasteiger partial charge in [0.2, 0.25) is 0 Å². The fourth-order valence-corrected chi connectivity index (χ4v) is 4.49. The van der Waals surface area contributed by atoms with E-state index in [-0.39, 0.29) is 0 Å². The van der Waals surface area contributed by atoms with Crippen molar-refractivity contribution >= 4 is 12.1 Å². The highest BCUT2D eigenvalue weighted by atomic mass is 32.2. The molecule has 3 heteroatoms. The van der Waals surface area contributed by atoms with Crippen LogP contribution >= 0.6 is 12.1 Å². The van der Waals surface area contributed by atoms with Gasteiger partial charge in [0, 0.05) is 38.3 Å². The molecule has 0 aliphatic carbocycles. The van der Waals surface area contributed by atoms with Gasteiger partial charge in [0.05, 0.1) is 0 Å². The van der Waals surface area contributed by atoms with Gasteiger partial charge in [-0.1, -0.05) is 19.3 Å². The summed E-state index contributed by atoms with van der Waals surface area (Å²) in [6, 6.07) is 0. The number of hydrogen-bond acceptors (Lipinski definition) is 3. The molecule has 92 valence electrons. The second kappa shape index (κ2) is 5.28. The van der Waals surface area contributed by atoms with Crippen molar-refractivity contribution in [3.63, 3.8) is 0 Å². The van der Waals surface area contributed by atoms with Gasteiger partial charge in [-0.3, -0.25) is 0 Å². The fraction of sp³-hybridized carbons (Fsp3) is 1.00. The maximum atomic E-state index is 2.61. The molecule has 0 saturated carbocycles. The van der Waals surface area contributed by atoms with Gasteiger partial charge in [0.1, 0.15) is 0 Å². The topological polar surface area (TPSA) is 6.48 Å². The Bertz CT molecular complexity index is 196. The van der Waals surface area contributed by atoms with Crippen molar-refractivity contribution < 1.29 is 0 Å². The van der Waals surface area contributed by atoms with Crippen LogP contribution in [0.25, 0.3) is 0 Å². The molecule has 6 aliphatic rings. The van der Waals surface area contributed by atoms with Crippen molar-refractivity contribution in [1.29, 1.82) is 0 Å². The highest BCUT2D eigenvalue weighted by Gasteiger charge is 2.26. The van der Waals surface area contributed by atoms with Gasteiger partial charge >= 0.3 is 0 Å². The lowest BCUT2D eigenvalue weighted by atomic mass is 9.87. The Hall–Kier alpha value is 0.270. The van der Waals surface area contributed by atoms with Crippen molar-refractivity contribution in [3.8, 4) is 0 Å².